The molecule has 19 heteroatoms. The molecule has 0 saturated heterocycles. The number of esters is 4. The van der Waals surface area contributed by atoms with Gasteiger partial charge in [-0.25, -0.2) is 9.13 Å². The van der Waals surface area contributed by atoms with Gasteiger partial charge in [-0.15, -0.1) is 0 Å². The van der Waals surface area contributed by atoms with E-state index in [0.29, 0.717) is 25.7 Å². The van der Waals surface area contributed by atoms with E-state index < -0.39 is 97.5 Å². The van der Waals surface area contributed by atoms with Crippen LogP contribution >= 0.6 is 15.6 Å². The zero-order valence-electron chi connectivity index (χ0n) is 69.2. The number of rotatable bonds is 84. The highest BCUT2D eigenvalue weighted by atomic mass is 31.2. The Kier molecular flexibility index (Phi) is 74.7. The topological polar surface area (TPSA) is 237 Å². The molecule has 0 saturated carbocycles. The predicted molar refractivity (Wildman–Crippen MR) is 432 cm³/mol. The molecule has 5 atom stereocenters. The van der Waals surface area contributed by atoms with E-state index in [0.717, 1.165) is 108 Å². The van der Waals surface area contributed by atoms with Gasteiger partial charge >= 0.3 is 39.5 Å². The molecule has 0 aliphatic carbocycles. The lowest BCUT2D eigenvalue weighted by molar-refractivity contribution is -0.161. The van der Waals surface area contributed by atoms with Crippen molar-refractivity contribution < 1.29 is 80.2 Å². The molecule has 624 valence electrons. The van der Waals surface area contributed by atoms with E-state index in [1.165, 1.54) is 263 Å². The molecule has 0 radical (unpaired) electrons. The molecule has 2 unspecified atom stereocenters. The first-order valence-corrected chi connectivity index (χ1v) is 47.3. The summed E-state index contributed by atoms with van der Waals surface area (Å²) in [6.45, 7) is 12.0. The number of carbonyl (C=O) groups excluding carboxylic acids is 4. The average Bonchev–Trinajstić information content (AvgIpc) is 0.913. The minimum Gasteiger partial charge on any atom is -0.462 e. The molecule has 0 fully saturated rings. The number of hydrogen-bond donors (Lipinski definition) is 3. The molecule has 0 aliphatic rings. The zero-order valence-corrected chi connectivity index (χ0v) is 71.0. The second-order valence-corrected chi connectivity index (χ2v) is 35.3. The maximum atomic E-state index is 13.1. The van der Waals surface area contributed by atoms with Crippen LogP contribution in [-0.4, -0.2) is 96.7 Å². The number of phosphoric ester groups is 2. The Morgan fingerprint density at radius 1 is 0.257 bits per heavy atom. The number of aliphatic hydroxyl groups is 1. The summed E-state index contributed by atoms with van der Waals surface area (Å²) in [6.07, 6.45) is 66.7. The van der Waals surface area contributed by atoms with Gasteiger partial charge in [-0.1, -0.05) is 402 Å². The minimum atomic E-state index is -4.97. The fraction of sp³-hybridized carbons (Fsp3) is 0.953. The first kappa shape index (κ1) is 103. The van der Waals surface area contributed by atoms with E-state index in [4.69, 9.17) is 37.0 Å². The van der Waals surface area contributed by atoms with Crippen LogP contribution in [0.1, 0.15) is 453 Å². The van der Waals surface area contributed by atoms with Crippen molar-refractivity contribution in [2.24, 2.45) is 17.8 Å². The highest BCUT2D eigenvalue weighted by Gasteiger charge is 2.30. The summed E-state index contributed by atoms with van der Waals surface area (Å²) in [5.74, 6) is 0.210. The Bertz CT molecular complexity index is 2030. The molecule has 17 nitrogen and oxygen atoms in total. The molecule has 0 amide bonds. The van der Waals surface area contributed by atoms with Gasteiger partial charge in [0.2, 0.25) is 0 Å². The van der Waals surface area contributed by atoms with Gasteiger partial charge in [0.05, 0.1) is 26.4 Å². The fourth-order valence-electron chi connectivity index (χ4n) is 13.4. The summed E-state index contributed by atoms with van der Waals surface area (Å²) in [5, 5.41) is 10.7. The average molecular weight is 1540 g/mol. The van der Waals surface area contributed by atoms with Gasteiger partial charge in [0.1, 0.15) is 19.3 Å². The molecular weight excluding hydrogens is 1370 g/mol. The number of aliphatic hydroxyl groups excluding tert-OH is 1. The van der Waals surface area contributed by atoms with Gasteiger partial charge in [0.25, 0.3) is 0 Å². The number of hydrogen-bond acceptors (Lipinski definition) is 15. The standard InChI is InChI=1S/C86H168O17P2/c1-8-9-10-11-12-13-14-15-16-17-18-19-20-25-28-34-39-48-55-62-69-85(90)102-81(73-96-83(88)67-60-53-46-38-33-27-24-22-21-23-26-31-36-43-50-57-64-77(2)3)75-100-104(92,93)98-71-80(87)72-99-105(94,95)101-76-82(74-97-84(89)68-61-54-47-42-41-45-52-59-66-79(6)7)103-86(91)70-63-56-49-40-35-30-29-32-37-44-51-58-65-78(4)5/h77-82,87H,8-76H2,1-7H3,(H,92,93)(H,94,95)/t80-,81-,82-/m1/s1. The molecule has 0 spiro atoms. The SMILES string of the molecule is CCCCCCCCCCCCCCCCCCCCCCC(=O)O[C@H](COC(=O)CCCCCCCCCCCCCCCCCCC(C)C)COP(=O)(O)OC[C@@H](O)COP(=O)(O)OC[C@@H](COC(=O)CCCCCCCCCCC(C)C)OC(=O)CCCCCCCCCCCCCCC(C)C. The molecular formula is C86H168O17P2. The van der Waals surface area contributed by atoms with Gasteiger partial charge in [-0.3, -0.25) is 37.3 Å². The van der Waals surface area contributed by atoms with Crippen molar-refractivity contribution in [1.82, 2.24) is 0 Å². The van der Waals surface area contributed by atoms with Crippen molar-refractivity contribution in [1.29, 1.82) is 0 Å². The van der Waals surface area contributed by atoms with Crippen LogP contribution < -0.4 is 0 Å². The van der Waals surface area contributed by atoms with Crippen LogP contribution in [0.25, 0.3) is 0 Å². The van der Waals surface area contributed by atoms with Crippen molar-refractivity contribution in [3.05, 3.63) is 0 Å². The molecule has 0 rings (SSSR count). The third kappa shape index (κ3) is 79.9. The number of carbonyl (C=O) groups is 4. The van der Waals surface area contributed by atoms with Crippen molar-refractivity contribution in [3.8, 4) is 0 Å². The zero-order chi connectivity index (χ0) is 77.2. The Labute approximate surface area is 645 Å². The summed E-state index contributed by atoms with van der Waals surface area (Å²) in [6, 6.07) is 0. The first-order chi connectivity index (χ1) is 50.7. The van der Waals surface area contributed by atoms with Crippen molar-refractivity contribution in [3.63, 3.8) is 0 Å². The monoisotopic (exact) mass is 1540 g/mol. The van der Waals surface area contributed by atoms with Gasteiger partial charge in [0, 0.05) is 25.7 Å². The molecule has 105 heavy (non-hydrogen) atoms. The van der Waals surface area contributed by atoms with Crippen molar-refractivity contribution in [2.45, 2.75) is 471 Å². The molecule has 0 heterocycles. The van der Waals surface area contributed by atoms with E-state index in [1.807, 2.05) is 0 Å². The third-order valence-corrected chi connectivity index (χ3v) is 22.0. The van der Waals surface area contributed by atoms with Gasteiger partial charge in [-0.2, -0.15) is 0 Å². The van der Waals surface area contributed by atoms with E-state index >= 15 is 0 Å². The fourth-order valence-corrected chi connectivity index (χ4v) is 14.9. The summed E-state index contributed by atoms with van der Waals surface area (Å²) in [7, 11) is -9.93. The summed E-state index contributed by atoms with van der Waals surface area (Å²) in [4.78, 5) is 73.2. The molecule has 0 bridgehead atoms. The lowest BCUT2D eigenvalue weighted by Crippen LogP contribution is -2.30. The second-order valence-electron chi connectivity index (χ2n) is 32.4. The van der Waals surface area contributed by atoms with Crippen LogP contribution in [0.3, 0.4) is 0 Å². The lowest BCUT2D eigenvalue weighted by Gasteiger charge is -2.21. The van der Waals surface area contributed by atoms with Gasteiger partial charge < -0.3 is 33.8 Å². The minimum absolute atomic E-state index is 0.106. The maximum Gasteiger partial charge on any atom is 0.472 e. The molecule has 0 aromatic heterocycles. The number of unbranched alkanes of at least 4 members (excludes halogenated alkanes) is 52. The smallest absolute Gasteiger partial charge is 0.462 e. The number of ether oxygens (including phenoxy) is 4. The van der Waals surface area contributed by atoms with Crippen LogP contribution in [0.5, 0.6) is 0 Å². The van der Waals surface area contributed by atoms with Crippen LogP contribution in [0.4, 0.5) is 0 Å². The lowest BCUT2D eigenvalue weighted by atomic mass is 10.0. The van der Waals surface area contributed by atoms with Gasteiger partial charge in [-0.05, 0) is 43.4 Å². The van der Waals surface area contributed by atoms with Crippen LogP contribution in [-0.2, 0) is 65.4 Å². The predicted octanol–water partition coefficient (Wildman–Crippen LogP) is 26.1. The first-order valence-electron chi connectivity index (χ1n) is 44.3. The van der Waals surface area contributed by atoms with Crippen LogP contribution in [0.15, 0.2) is 0 Å². The summed E-state index contributed by atoms with van der Waals surface area (Å²) < 4.78 is 68.9. The van der Waals surface area contributed by atoms with Crippen LogP contribution in [0.2, 0.25) is 0 Å². The highest BCUT2D eigenvalue weighted by Crippen LogP contribution is 2.45. The number of phosphoric acid groups is 2. The quantitative estimate of drug-likeness (QED) is 0.0222. The van der Waals surface area contributed by atoms with E-state index in [-0.39, 0.29) is 25.7 Å². The van der Waals surface area contributed by atoms with E-state index in [9.17, 15) is 43.2 Å². The highest BCUT2D eigenvalue weighted by molar-refractivity contribution is 7.47. The largest absolute Gasteiger partial charge is 0.472 e. The molecule has 0 aromatic rings. The molecule has 0 aromatic carbocycles. The summed E-state index contributed by atoms with van der Waals surface area (Å²) >= 11 is 0. The Morgan fingerprint density at radius 2 is 0.438 bits per heavy atom. The Balaban J connectivity index is 5.24. The van der Waals surface area contributed by atoms with Crippen molar-refractivity contribution in [2.75, 3.05) is 39.6 Å². The second kappa shape index (κ2) is 76.1. The van der Waals surface area contributed by atoms with Crippen molar-refractivity contribution >= 4 is 39.5 Å². The Hall–Kier alpha value is -1.94. The molecule has 3 N–H and O–H groups in total. The Morgan fingerprint density at radius 3 is 0.648 bits per heavy atom. The van der Waals surface area contributed by atoms with Crippen LogP contribution in [0, 0.1) is 17.8 Å². The summed E-state index contributed by atoms with van der Waals surface area (Å²) in [5.41, 5.74) is 0. The molecule has 0 aliphatic heterocycles. The van der Waals surface area contributed by atoms with Gasteiger partial charge in [0.15, 0.2) is 12.2 Å². The van der Waals surface area contributed by atoms with E-state index in [2.05, 4.69) is 48.5 Å². The normalized spacial score (nSPS) is 13.9. The van der Waals surface area contributed by atoms with E-state index in [1.54, 1.807) is 0 Å². The third-order valence-electron chi connectivity index (χ3n) is 20.1. The maximum absolute atomic E-state index is 13.1.